The number of hydrogen-bond acceptors (Lipinski definition) is 5. The molecule has 92 valence electrons. The minimum atomic E-state index is -0.839. The lowest BCUT2D eigenvalue weighted by atomic mass is 9.94. The van der Waals surface area contributed by atoms with Gasteiger partial charge in [0.15, 0.2) is 0 Å². The molecular weight excluding hydrogens is 212 g/mol. The number of carbonyl (C=O) groups excluding carboxylic acids is 1. The molecule has 0 aromatic rings. The van der Waals surface area contributed by atoms with Crippen LogP contribution in [0.1, 0.15) is 12.8 Å². The molecule has 0 aliphatic carbocycles. The molecule has 1 rings (SSSR count). The topological polar surface area (TPSA) is 92.9 Å². The van der Waals surface area contributed by atoms with Gasteiger partial charge in [-0.3, -0.25) is 9.59 Å². The SMILES string of the molecule is COC(=O)C1CC(N)CN(CCC(=O)O)C1. The predicted octanol–water partition coefficient (Wildman–Crippen LogP) is -0.717. The largest absolute Gasteiger partial charge is 0.481 e. The highest BCUT2D eigenvalue weighted by molar-refractivity contribution is 5.72. The van der Waals surface area contributed by atoms with E-state index in [0.29, 0.717) is 26.1 Å². The number of methoxy groups -OCH3 is 1. The number of ether oxygens (including phenoxy) is 1. The fourth-order valence-corrected chi connectivity index (χ4v) is 2.01. The molecule has 0 aromatic heterocycles. The molecule has 6 nitrogen and oxygen atoms in total. The highest BCUT2D eigenvalue weighted by Gasteiger charge is 2.30. The molecule has 2 unspecified atom stereocenters. The first-order chi connectivity index (χ1) is 7.52. The van der Waals surface area contributed by atoms with E-state index in [9.17, 15) is 9.59 Å². The van der Waals surface area contributed by atoms with Gasteiger partial charge in [-0.1, -0.05) is 0 Å². The van der Waals surface area contributed by atoms with E-state index in [4.69, 9.17) is 10.8 Å². The zero-order valence-electron chi connectivity index (χ0n) is 9.39. The van der Waals surface area contributed by atoms with Crippen LogP contribution in [-0.4, -0.2) is 54.7 Å². The predicted molar refractivity (Wildman–Crippen MR) is 56.8 cm³/mol. The molecular formula is C10H18N2O4. The summed E-state index contributed by atoms with van der Waals surface area (Å²) < 4.78 is 4.67. The van der Waals surface area contributed by atoms with Crippen LogP contribution in [0.3, 0.4) is 0 Å². The first-order valence-electron chi connectivity index (χ1n) is 5.30. The number of nitrogens with two attached hydrogens (primary N) is 1. The van der Waals surface area contributed by atoms with Crippen LogP contribution in [0.25, 0.3) is 0 Å². The molecule has 1 aliphatic heterocycles. The van der Waals surface area contributed by atoms with Crippen LogP contribution in [0, 0.1) is 5.92 Å². The van der Waals surface area contributed by atoms with E-state index < -0.39 is 5.97 Å². The molecule has 0 spiro atoms. The second kappa shape index (κ2) is 5.81. The van der Waals surface area contributed by atoms with Gasteiger partial charge in [0, 0.05) is 25.7 Å². The Morgan fingerprint density at radius 1 is 1.50 bits per heavy atom. The lowest BCUT2D eigenvalue weighted by molar-refractivity contribution is -0.147. The summed E-state index contributed by atoms with van der Waals surface area (Å²) >= 11 is 0. The van der Waals surface area contributed by atoms with Crippen LogP contribution in [0.4, 0.5) is 0 Å². The number of likely N-dealkylation sites (tertiary alicyclic amines) is 1. The first-order valence-corrected chi connectivity index (χ1v) is 5.30. The Bertz CT molecular complexity index is 270. The lowest BCUT2D eigenvalue weighted by Crippen LogP contribution is -2.49. The number of carboxylic acid groups (broad SMARTS) is 1. The van der Waals surface area contributed by atoms with Crippen molar-refractivity contribution in [2.45, 2.75) is 18.9 Å². The van der Waals surface area contributed by atoms with Crippen molar-refractivity contribution in [3.8, 4) is 0 Å². The van der Waals surface area contributed by atoms with Crippen molar-refractivity contribution >= 4 is 11.9 Å². The highest BCUT2D eigenvalue weighted by atomic mass is 16.5. The lowest BCUT2D eigenvalue weighted by Gasteiger charge is -2.34. The number of piperidine rings is 1. The van der Waals surface area contributed by atoms with Crippen molar-refractivity contribution < 1.29 is 19.4 Å². The summed E-state index contributed by atoms with van der Waals surface area (Å²) in [5.41, 5.74) is 5.82. The number of nitrogens with zero attached hydrogens (tertiary/aromatic N) is 1. The van der Waals surface area contributed by atoms with E-state index in [0.717, 1.165) is 0 Å². The highest BCUT2D eigenvalue weighted by Crippen LogP contribution is 2.17. The maximum atomic E-state index is 11.4. The molecule has 0 radical (unpaired) electrons. The maximum Gasteiger partial charge on any atom is 0.310 e. The molecule has 0 aromatic carbocycles. The average molecular weight is 230 g/mol. The molecule has 1 aliphatic rings. The van der Waals surface area contributed by atoms with Gasteiger partial charge in [-0.25, -0.2) is 0 Å². The molecule has 1 heterocycles. The van der Waals surface area contributed by atoms with E-state index in [1.54, 1.807) is 0 Å². The summed E-state index contributed by atoms with van der Waals surface area (Å²) in [7, 11) is 1.35. The zero-order chi connectivity index (χ0) is 12.1. The van der Waals surface area contributed by atoms with Gasteiger partial charge in [0.05, 0.1) is 19.4 Å². The number of esters is 1. The van der Waals surface area contributed by atoms with Crippen molar-refractivity contribution in [2.75, 3.05) is 26.7 Å². The molecule has 1 saturated heterocycles. The van der Waals surface area contributed by atoms with Gasteiger partial charge in [-0.15, -0.1) is 0 Å². The quantitative estimate of drug-likeness (QED) is 0.619. The van der Waals surface area contributed by atoms with Gasteiger partial charge in [0.25, 0.3) is 0 Å². The van der Waals surface area contributed by atoms with Crippen LogP contribution in [0.2, 0.25) is 0 Å². The van der Waals surface area contributed by atoms with Crippen LogP contribution < -0.4 is 5.73 Å². The summed E-state index contributed by atoms with van der Waals surface area (Å²) in [5, 5.41) is 8.58. The average Bonchev–Trinajstić information content (AvgIpc) is 2.24. The third-order valence-electron chi connectivity index (χ3n) is 2.73. The Kier molecular flexibility index (Phi) is 4.70. The zero-order valence-corrected chi connectivity index (χ0v) is 9.39. The molecule has 1 fully saturated rings. The van der Waals surface area contributed by atoms with E-state index in [1.165, 1.54) is 7.11 Å². The second-order valence-electron chi connectivity index (χ2n) is 4.12. The fraction of sp³-hybridized carbons (Fsp3) is 0.800. The van der Waals surface area contributed by atoms with Crippen molar-refractivity contribution in [3.05, 3.63) is 0 Å². The standard InChI is InChI=1S/C10H18N2O4/c1-16-10(15)7-4-8(11)6-12(5-7)3-2-9(13)14/h7-8H,2-6,11H2,1H3,(H,13,14). The van der Waals surface area contributed by atoms with Crippen LogP contribution in [0.5, 0.6) is 0 Å². The Labute approximate surface area is 94.3 Å². The van der Waals surface area contributed by atoms with Gasteiger partial charge in [-0.2, -0.15) is 0 Å². The third-order valence-corrected chi connectivity index (χ3v) is 2.73. The minimum Gasteiger partial charge on any atom is -0.481 e. The van der Waals surface area contributed by atoms with Gasteiger partial charge in [-0.05, 0) is 6.42 Å². The third kappa shape index (κ3) is 3.79. The smallest absolute Gasteiger partial charge is 0.310 e. The Balaban J connectivity index is 2.47. The number of carbonyl (C=O) groups is 2. The van der Waals surface area contributed by atoms with Gasteiger partial charge in [0.2, 0.25) is 0 Å². The van der Waals surface area contributed by atoms with Crippen LogP contribution in [-0.2, 0) is 14.3 Å². The normalized spacial score (nSPS) is 26.4. The molecule has 3 N–H and O–H groups in total. The Morgan fingerprint density at radius 2 is 2.19 bits per heavy atom. The fourth-order valence-electron chi connectivity index (χ4n) is 2.01. The maximum absolute atomic E-state index is 11.4. The van der Waals surface area contributed by atoms with E-state index in [-0.39, 0.29) is 24.3 Å². The minimum absolute atomic E-state index is 0.0701. The monoisotopic (exact) mass is 230 g/mol. The Morgan fingerprint density at radius 3 is 2.75 bits per heavy atom. The molecule has 0 bridgehead atoms. The summed E-state index contributed by atoms with van der Waals surface area (Å²) in [5.74, 6) is -1.34. The molecule has 0 saturated carbocycles. The van der Waals surface area contributed by atoms with E-state index in [1.807, 2.05) is 4.90 Å². The van der Waals surface area contributed by atoms with Crippen molar-refractivity contribution in [1.82, 2.24) is 4.90 Å². The van der Waals surface area contributed by atoms with Crippen molar-refractivity contribution in [2.24, 2.45) is 11.7 Å². The summed E-state index contributed by atoms with van der Waals surface area (Å²) in [6.07, 6.45) is 0.677. The van der Waals surface area contributed by atoms with Gasteiger partial charge < -0.3 is 20.5 Å². The summed E-state index contributed by atoms with van der Waals surface area (Å²) in [6, 6.07) is -0.0911. The molecule has 16 heavy (non-hydrogen) atoms. The van der Waals surface area contributed by atoms with Crippen LogP contribution in [0.15, 0.2) is 0 Å². The number of hydrogen-bond donors (Lipinski definition) is 2. The van der Waals surface area contributed by atoms with Crippen LogP contribution >= 0.6 is 0 Å². The Hall–Kier alpha value is -1.14. The van der Waals surface area contributed by atoms with Crippen molar-refractivity contribution in [3.63, 3.8) is 0 Å². The van der Waals surface area contributed by atoms with Crippen molar-refractivity contribution in [1.29, 1.82) is 0 Å². The first kappa shape index (κ1) is 12.9. The molecule has 2 atom stereocenters. The summed E-state index contributed by atoms with van der Waals surface area (Å²) in [6.45, 7) is 1.60. The van der Waals surface area contributed by atoms with Gasteiger partial charge in [0.1, 0.15) is 0 Å². The number of aliphatic carboxylic acids is 1. The second-order valence-corrected chi connectivity index (χ2v) is 4.12. The number of rotatable bonds is 4. The van der Waals surface area contributed by atoms with E-state index >= 15 is 0 Å². The number of carboxylic acids is 1. The van der Waals surface area contributed by atoms with E-state index in [2.05, 4.69) is 4.74 Å². The summed E-state index contributed by atoms with van der Waals surface area (Å²) in [4.78, 5) is 23.7. The molecule has 0 amide bonds. The molecule has 6 heteroatoms. The van der Waals surface area contributed by atoms with Gasteiger partial charge >= 0.3 is 11.9 Å².